The van der Waals surface area contributed by atoms with Crippen LogP contribution in [0.4, 0.5) is 4.39 Å². The van der Waals surface area contributed by atoms with Crippen LogP contribution >= 0.6 is 0 Å². The van der Waals surface area contributed by atoms with Crippen LogP contribution < -0.4 is 10.5 Å². The number of rotatable bonds is 6. The molecule has 1 saturated heterocycles. The average molecular weight is 417 g/mol. The third kappa shape index (κ3) is 4.16. The second kappa shape index (κ2) is 8.32. The van der Waals surface area contributed by atoms with Crippen LogP contribution in [-0.2, 0) is 15.7 Å². The fourth-order valence-corrected chi connectivity index (χ4v) is 4.76. The number of H-pyrrole nitrogens is 1. The predicted octanol–water partition coefficient (Wildman–Crippen LogP) is 2.21. The molecule has 0 bridgehead atoms. The van der Waals surface area contributed by atoms with Crippen LogP contribution in [0.15, 0.2) is 53.4 Å². The van der Waals surface area contributed by atoms with E-state index in [0.29, 0.717) is 37.2 Å². The van der Waals surface area contributed by atoms with Crippen LogP contribution in [0.5, 0.6) is 5.75 Å². The van der Waals surface area contributed by atoms with Crippen molar-refractivity contribution in [1.29, 1.82) is 0 Å². The molecule has 7 nitrogen and oxygen atoms in total. The summed E-state index contributed by atoms with van der Waals surface area (Å²) in [5, 5.41) is 0.376. The smallest absolute Gasteiger partial charge is 0.266 e. The van der Waals surface area contributed by atoms with E-state index < -0.39 is 22.7 Å². The Bertz CT molecular complexity index is 1060. The lowest BCUT2D eigenvalue weighted by atomic mass is 10.2. The average Bonchev–Trinajstić information content (AvgIpc) is 3.11. The highest BCUT2D eigenvalue weighted by Gasteiger charge is 2.30. The molecule has 3 N–H and O–H groups in total. The topological polar surface area (TPSA) is 97.7 Å². The summed E-state index contributed by atoms with van der Waals surface area (Å²) in [5.74, 6) is -0.512. The Kier molecular flexibility index (Phi) is 5.61. The van der Waals surface area contributed by atoms with Crippen molar-refractivity contribution in [1.82, 2.24) is 9.29 Å². The van der Waals surface area contributed by atoms with Gasteiger partial charge < -0.3 is 20.2 Å². The number of nitrogens with zero attached hydrogens (tertiary/aromatic N) is 1. The van der Waals surface area contributed by atoms with Crippen molar-refractivity contribution in [3.8, 4) is 5.75 Å². The van der Waals surface area contributed by atoms with Crippen LogP contribution in [0.1, 0.15) is 10.5 Å². The summed E-state index contributed by atoms with van der Waals surface area (Å²) < 4.78 is 40.2. The molecule has 0 spiro atoms. The summed E-state index contributed by atoms with van der Waals surface area (Å²) in [7, 11) is -1.72. The molecule has 0 radical (unpaired) electrons. The Morgan fingerprint density at radius 2 is 2.10 bits per heavy atom. The summed E-state index contributed by atoms with van der Waals surface area (Å²) in [6.07, 6.45) is -0.299. The molecule has 1 fully saturated rings. The molecule has 2 atom stereocenters. The van der Waals surface area contributed by atoms with E-state index in [9.17, 15) is 13.4 Å². The van der Waals surface area contributed by atoms with Gasteiger partial charge in [-0.25, -0.2) is 12.9 Å². The first kappa shape index (κ1) is 19.6. The van der Waals surface area contributed by atoms with Crippen molar-refractivity contribution in [2.45, 2.75) is 11.0 Å². The number of hydrogen-bond acceptors (Lipinski definition) is 4. The number of ether oxygens (including phenoxy) is 2. The second-order valence-electron chi connectivity index (χ2n) is 6.64. The molecular formula is C20H20FN3O4S. The number of morpholine rings is 1. The van der Waals surface area contributed by atoms with Gasteiger partial charge >= 0.3 is 0 Å². The lowest BCUT2D eigenvalue weighted by Gasteiger charge is -2.31. The van der Waals surface area contributed by atoms with Gasteiger partial charge in [-0.05, 0) is 30.3 Å². The predicted molar refractivity (Wildman–Crippen MR) is 106 cm³/mol. The molecule has 152 valence electrons. The molecule has 0 aliphatic carbocycles. The number of carbonyl (C=O) groups is 1. The first-order chi connectivity index (χ1) is 14.0. The number of nitrogens with two attached hydrogens (primary N) is 1. The summed E-state index contributed by atoms with van der Waals surface area (Å²) in [5.41, 5.74) is 5.98. The lowest BCUT2D eigenvalue weighted by Crippen LogP contribution is -2.45. The van der Waals surface area contributed by atoms with Crippen molar-refractivity contribution < 1.29 is 22.9 Å². The number of aromatic nitrogens is 1. The lowest BCUT2D eigenvalue weighted by molar-refractivity contribution is -0.0237. The second-order valence-corrected chi connectivity index (χ2v) is 8.06. The fraction of sp³-hybridized carbons (Fsp3) is 0.250. The zero-order chi connectivity index (χ0) is 20.4. The first-order valence-electron chi connectivity index (χ1n) is 9.10. The Labute approximate surface area is 169 Å². The Morgan fingerprint density at radius 1 is 1.31 bits per heavy atom. The molecule has 1 aliphatic rings. The summed E-state index contributed by atoms with van der Waals surface area (Å²) in [4.78, 5) is 14.9. The Balaban J connectivity index is 1.55. The highest BCUT2D eigenvalue weighted by molar-refractivity contribution is 7.83. The van der Waals surface area contributed by atoms with Crippen LogP contribution in [0, 0.1) is 5.82 Å². The molecule has 9 heteroatoms. The van der Waals surface area contributed by atoms with Gasteiger partial charge in [0.05, 0.1) is 11.5 Å². The quantitative estimate of drug-likeness (QED) is 0.643. The third-order valence-corrected chi connectivity index (χ3v) is 6.22. The van der Waals surface area contributed by atoms with Crippen LogP contribution in [-0.4, -0.2) is 51.8 Å². The molecule has 4 rings (SSSR count). The van der Waals surface area contributed by atoms with E-state index in [2.05, 4.69) is 4.98 Å². The van der Waals surface area contributed by atoms with Gasteiger partial charge in [0.25, 0.3) is 5.91 Å². The molecule has 0 saturated carbocycles. The number of para-hydroxylation sites is 1. The standard InChI is InChI=1S/C20H20FN3O4S/c21-13-6-7-17-16(10-13)19(18(23-17)20(22)25)29(26)24-8-9-27-15(11-24)12-28-14-4-2-1-3-5-14/h1-7,10,15,23H,8-9,11-12H2,(H2,22,25)/t15-,29?/m1/s1. The van der Waals surface area contributed by atoms with E-state index in [1.807, 2.05) is 30.3 Å². The van der Waals surface area contributed by atoms with Gasteiger partial charge in [0.2, 0.25) is 0 Å². The van der Waals surface area contributed by atoms with Gasteiger partial charge in [0.1, 0.15) is 41.0 Å². The largest absolute Gasteiger partial charge is 0.491 e. The molecule has 29 heavy (non-hydrogen) atoms. The van der Waals surface area contributed by atoms with E-state index in [1.165, 1.54) is 18.2 Å². The summed E-state index contributed by atoms with van der Waals surface area (Å²) in [6, 6.07) is 13.4. The number of fused-ring (bicyclic) bond motifs is 1. The van der Waals surface area contributed by atoms with Crippen molar-refractivity contribution in [2.75, 3.05) is 26.3 Å². The number of amides is 1. The number of carbonyl (C=O) groups excluding carboxylic acids is 1. The normalized spacial score (nSPS) is 18.6. The number of nitrogens with one attached hydrogen (secondary N) is 1. The van der Waals surface area contributed by atoms with E-state index >= 15 is 0 Å². The van der Waals surface area contributed by atoms with Crippen molar-refractivity contribution in [3.63, 3.8) is 0 Å². The van der Waals surface area contributed by atoms with Gasteiger partial charge in [-0.2, -0.15) is 0 Å². The Morgan fingerprint density at radius 3 is 2.86 bits per heavy atom. The zero-order valence-corrected chi connectivity index (χ0v) is 16.3. The minimum Gasteiger partial charge on any atom is -0.491 e. The maximum Gasteiger partial charge on any atom is 0.266 e. The molecule has 2 heterocycles. The van der Waals surface area contributed by atoms with E-state index in [-0.39, 0.29) is 16.7 Å². The maximum atomic E-state index is 13.8. The number of hydrogen-bond donors (Lipinski definition) is 2. The van der Waals surface area contributed by atoms with Crippen molar-refractivity contribution in [3.05, 3.63) is 60.0 Å². The molecular weight excluding hydrogens is 397 g/mol. The minimum atomic E-state index is -1.72. The van der Waals surface area contributed by atoms with Crippen LogP contribution in [0.25, 0.3) is 10.9 Å². The highest BCUT2D eigenvalue weighted by atomic mass is 32.2. The molecule has 1 aliphatic heterocycles. The fourth-order valence-electron chi connectivity index (χ4n) is 3.27. The van der Waals surface area contributed by atoms with Crippen molar-refractivity contribution in [2.24, 2.45) is 5.73 Å². The highest BCUT2D eigenvalue weighted by Crippen LogP contribution is 2.29. The van der Waals surface area contributed by atoms with Gasteiger partial charge in [-0.3, -0.25) is 4.79 Å². The molecule has 1 unspecified atom stereocenters. The molecule has 2 aromatic carbocycles. The van der Waals surface area contributed by atoms with Crippen LogP contribution in [0.2, 0.25) is 0 Å². The minimum absolute atomic E-state index is 0.0208. The van der Waals surface area contributed by atoms with Gasteiger partial charge in [0.15, 0.2) is 0 Å². The van der Waals surface area contributed by atoms with E-state index in [4.69, 9.17) is 15.2 Å². The molecule has 1 aromatic heterocycles. The van der Waals surface area contributed by atoms with Crippen LogP contribution in [0.3, 0.4) is 0 Å². The number of halogens is 1. The van der Waals surface area contributed by atoms with Crippen molar-refractivity contribution >= 4 is 27.8 Å². The third-order valence-electron chi connectivity index (χ3n) is 4.65. The monoisotopic (exact) mass is 417 g/mol. The summed E-state index contributed by atoms with van der Waals surface area (Å²) >= 11 is 0. The SMILES string of the molecule is NC(=O)c1[nH]c2ccc(F)cc2c1S(=O)N1CCO[C@@H](COc2ccccc2)C1. The first-order valence-corrected chi connectivity index (χ1v) is 10.2. The zero-order valence-electron chi connectivity index (χ0n) is 15.5. The number of benzene rings is 2. The maximum absolute atomic E-state index is 13.8. The number of primary amides is 1. The number of aromatic amines is 1. The van der Waals surface area contributed by atoms with E-state index in [1.54, 1.807) is 4.31 Å². The van der Waals surface area contributed by atoms with E-state index in [0.717, 1.165) is 5.75 Å². The summed E-state index contributed by atoms with van der Waals surface area (Å²) in [6.45, 7) is 1.38. The van der Waals surface area contributed by atoms with Gasteiger partial charge in [-0.15, -0.1) is 0 Å². The Hall–Kier alpha value is -2.75. The molecule has 1 amide bonds. The van der Waals surface area contributed by atoms with Gasteiger partial charge in [-0.1, -0.05) is 18.2 Å². The van der Waals surface area contributed by atoms with Gasteiger partial charge in [0, 0.05) is 24.0 Å². The molecule has 3 aromatic rings.